The summed E-state index contributed by atoms with van der Waals surface area (Å²) in [6.07, 6.45) is 6.99. The van der Waals surface area contributed by atoms with E-state index >= 15 is 0 Å². The molecule has 2 aliphatic heterocycles. The Bertz CT molecular complexity index is 381. The molecule has 2 fully saturated rings. The van der Waals surface area contributed by atoms with Crippen molar-refractivity contribution >= 4 is 0 Å². The summed E-state index contributed by atoms with van der Waals surface area (Å²) in [6.45, 7) is 3.29. The molecule has 0 saturated carbocycles. The lowest BCUT2D eigenvalue weighted by Crippen LogP contribution is -2.27. The van der Waals surface area contributed by atoms with E-state index in [4.69, 9.17) is 15.2 Å². The normalized spacial score (nSPS) is 27.5. The highest BCUT2D eigenvalue weighted by Crippen LogP contribution is 2.30. The first-order chi connectivity index (χ1) is 8.86. The summed E-state index contributed by atoms with van der Waals surface area (Å²) in [5.41, 5.74) is 7.53. The summed E-state index contributed by atoms with van der Waals surface area (Å²) in [6, 6.07) is 0.530. The van der Waals surface area contributed by atoms with Crippen LogP contribution in [0.15, 0.2) is 12.5 Å². The Hall–Kier alpha value is -0.910. The third kappa shape index (κ3) is 2.30. The van der Waals surface area contributed by atoms with Crippen molar-refractivity contribution in [1.29, 1.82) is 0 Å². The van der Waals surface area contributed by atoms with E-state index < -0.39 is 0 Å². The van der Waals surface area contributed by atoms with Gasteiger partial charge in [0.1, 0.15) is 0 Å². The van der Waals surface area contributed by atoms with Crippen molar-refractivity contribution in [3.8, 4) is 0 Å². The van der Waals surface area contributed by atoms with Crippen LogP contribution in [-0.2, 0) is 9.47 Å². The highest BCUT2D eigenvalue weighted by atomic mass is 16.5. The minimum atomic E-state index is 0.0397. The highest BCUT2D eigenvalue weighted by Gasteiger charge is 2.28. The van der Waals surface area contributed by atoms with E-state index in [0.717, 1.165) is 51.4 Å². The standard InChI is InChI=1S/C13H21N3O2/c14-13(10-1-4-18-8-10)12-7-15-9-16(12)11-2-5-17-6-3-11/h7,9-11,13H,1-6,8,14H2. The molecule has 5 nitrogen and oxygen atoms in total. The van der Waals surface area contributed by atoms with Gasteiger partial charge in [0.05, 0.1) is 24.7 Å². The Morgan fingerprint density at radius 1 is 1.22 bits per heavy atom. The van der Waals surface area contributed by atoms with Gasteiger partial charge >= 0.3 is 0 Å². The number of rotatable bonds is 3. The summed E-state index contributed by atoms with van der Waals surface area (Å²) >= 11 is 0. The Morgan fingerprint density at radius 2 is 2.00 bits per heavy atom. The first-order valence-corrected chi connectivity index (χ1v) is 6.79. The Kier molecular flexibility index (Phi) is 3.63. The second-order valence-electron chi connectivity index (χ2n) is 5.22. The van der Waals surface area contributed by atoms with Gasteiger partial charge in [-0.2, -0.15) is 0 Å². The molecule has 5 heteroatoms. The summed E-state index contributed by atoms with van der Waals surface area (Å²) < 4.78 is 13.1. The van der Waals surface area contributed by atoms with Crippen LogP contribution in [0.2, 0.25) is 0 Å². The molecule has 0 amide bonds. The van der Waals surface area contributed by atoms with Gasteiger partial charge in [0, 0.05) is 38.0 Å². The van der Waals surface area contributed by atoms with Gasteiger partial charge in [-0.05, 0) is 19.3 Å². The number of aromatic nitrogens is 2. The summed E-state index contributed by atoms with van der Waals surface area (Å²) in [5.74, 6) is 0.431. The van der Waals surface area contributed by atoms with Crippen LogP contribution < -0.4 is 5.73 Å². The van der Waals surface area contributed by atoms with Crippen molar-refractivity contribution in [2.45, 2.75) is 31.3 Å². The minimum absolute atomic E-state index is 0.0397. The average Bonchev–Trinajstić information content (AvgIpc) is 3.10. The second kappa shape index (κ2) is 5.38. The molecule has 2 aliphatic rings. The fraction of sp³-hybridized carbons (Fsp3) is 0.769. The van der Waals surface area contributed by atoms with Gasteiger partial charge in [0.25, 0.3) is 0 Å². The Labute approximate surface area is 107 Å². The number of nitrogens with zero attached hydrogens (tertiary/aromatic N) is 2. The van der Waals surface area contributed by atoms with Crippen LogP contribution in [-0.4, -0.2) is 36.0 Å². The molecule has 3 heterocycles. The quantitative estimate of drug-likeness (QED) is 0.878. The van der Waals surface area contributed by atoms with Gasteiger partial charge in [-0.1, -0.05) is 0 Å². The summed E-state index contributed by atoms with van der Waals surface area (Å²) in [5, 5.41) is 0. The SMILES string of the molecule is NC(c1cncn1C1CCOCC1)C1CCOC1. The van der Waals surface area contributed by atoms with E-state index in [9.17, 15) is 0 Å². The first kappa shape index (κ1) is 12.1. The molecule has 2 atom stereocenters. The zero-order valence-corrected chi connectivity index (χ0v) is 10.6. The highest BCUT2D eigenvalue weighted by molar-refractivity contribution is 5.08. The van der Waals surface area contributed by atoms with Crippen molar-refractivity contribution in [2.75, 3.05) is 26.4 Å². The van der Waals surface area contributed by atoms with Crippen LogP contribution in [0.1, 0.15) is 37.0 Å². The molecule has 0 spiro atoms. The van der Waals surface area contributed by atoms with Gasteiger partial charge in [0.2, 0.25) is 0 Å². The molecule has 0 radical (unpaired) electrons. The van der Waals surface area contributed by atoms with E-state index in [-0.39, 0.29) is 6.04 Å². The topological polar surface area (TPSA) is 62.3 Å². The van der Waals surface area contributed by atoms with E-state index in [1.165, 1.54) is 0 Å². The van der Waals surface area contributed by atoms with E-state index in [1.54, 1.807) is 0 Å². The molecule has 18 heavy (non-hydrogen) atoms. The lowest BCUT2D eigenvalue weighted by Gasteiger charge is -2.27. The summed E-state index contributed by atoms with van der Waals surface area (Å²) in [7, 11) is 0. The average molecular weight is 251 g/mol. The molecule has 3 rings (SSSR count). The number of hydrogen-bond acceptors (Lipinski definition) is 4. The number of imidazole rings is 1. The molecular formula is C13H21N3O2. The molecule has 1 aromatic rings. The number of ether oxygens (including phenoxy) is 2. The van der Waals surface area contributed by atoms with Crippen LogP contribution in [0.25, 0.3) is 0 Å². The van der Waals surface area contributed by atoms with Crippen molar-refractivity contribution in [1.82, 2.24) is 9.55 Å². The molecule has 2 saturated heterocycles. The van der Waals surface area contributed by atoms with E-state index in [0.29, 0.717) is 12.0 Å². The third-order valence-electron chi connectivity index (χ3n) is 4.09. The second-order valence-corrected chi connectivity index (χ2v) is 5.22. The van der Waals surface area contributed by atoms with Crippen LogP contribution >= 0.6 is 0 Å². The van der Waals surface area contributed by atoms with Crippen molar-refractivity contribution in [3.05, 3.63) is 18.2 Å². The third-order valence-corrected chi connectivity index (χ3v) is 4.09. The van der Waals surface area contributed by atoms with Gasteiger partial charge in [0.15, 0.2) is 0 Å². The predicted molar refractivity (Wildman–Crippen MR) is 67.2 cm³/mol. The van der Waals surface area contributed by atoms with Gasteiger partial charge in [-0.15, -0.1) is 0 Å². The predicted octanol–water partition coefficient (Wildman–Crippen LogP) is 1.27. The maximum absolute atomic E-state index is 6.38. The molecular weight excluding hydrogens is 230 g/mol. The van der Waals surface area contributed by atoms with Crippen LogP contribution in [0.4, 0.5) is 0 Å². The van der Waals surface area contributed by atoms with Crippen LogP contribution in [0.5, 0.6) is 0 Å². The molecule has 0 aromatic carbocycles. The zero-order chi connectivity index (χ0) is 12.4. The van der Waals surface area contributed by atoms with E-state index in [2.05, 4.69) is 9.55 Å². The van der Waals surface area contributed by atoms with Gasteiger partial charge in [-0.3, -0.25) is 0 Å². The maximum atomic E-state index is 6.38. The Balaban J connectivity index is 1.77. The minimum Gasteiger partial charge on any atom is -0.381 e. The molecule has 1 aromatic heterocycles. The van der Waals surface area contributed by atoms with Crippen molar-refractivity contribution in [2.24, 2.45) is 11.7 Å². The van der Waals surface area contributed by atoms with Crippen LogP contribution in [0.3, 0.4) is 0 Å². The monoisotopic (exact) mass is 251 g/mol. The van der Waals surface area contributed by atoms with Gasteiger partial charge < -0.3 is 19.8 Å². The lowest BCUT2D eigenvalue weighted by molar-refractivity contribution is 0.0682. The number of hydrogen-bond donors (Lipinski definition) is 1. The molecule has 2 N–H and O–H groups in total. The maximum Gasteiger partial charge on any atom is 0.0951 e. The molecule has 0 bridgehead atoms. The lowest BCUT2D eigenvalue weighted by atomic mass is 9.96. The van der Waals surface area contributed by atoms with Crippen LogP contribution in [0, 0.1) is 5.92 Å². The summed E-state index contributed by atoms with van der Waals surface area (Å²) in [4.78, 5) is 4.29. The fourth-order valence-corrected chi connectivity index (χ4v) is 2.92. The largest absolute Gasteiger partial charge is 0.381 e. The smallest absolute Gasteiger partial charge is 0.0951 e. The van der Waals surface area contributed by atoms with Gasteiger partial charge in [-0.25, -0.2) is 4.98 Å². The van der Waals surface area contributed by atoms with E-state index in [1.807, 2.05) is 12.5 Å². The first-order valence-electron chi connectivity index (χ1n) is 6.79. The number of nitrogens with two attached hydrogens (primary N) is 1. The Morgan fingerprint density at radius 3 is 2.72 bits per heavy atom. The van der Waals surface area contributed by atoms with Crippen molar-refractivity contribution < 1.29 is 9.47 Å². The molecule has 2 unspecified atom stereocenters. The van der Waals surface area contributed by atoms with Crippen molar-refractivity contribution in [3.63, 3.8) is 0 Å². The molecule has 0 aliphatic carbocycles. The fourth-order valence-electron chi connectivity index (χ4n) is 2.92. The zero-order valence-electron chi connectivity index (χ0n) is 10.6. The molecule has 100 valence electrons.